The van der Waals surface area contributed by atoms with Crippen molar-refractivity contribution in [2.45, 2.75) is 0 Å². The van der Waals surface area contributed by atoms with Gasteiger partial charge >= 0.3 is 0 Å². The molecule has 0 amide bonds. The van der Waals surface area contributed by atoms with Crippen LogP contribution in [0.3, 0.4) is 0 Å². The zero-order valence-electron chi connectivity index (χ0n) is 2.79. The van der Waals surface area contributed by atoms with Gasteiger partial charge in [-0.3, -0.25) is 0 Å². The molecule has 0 radical (unpaired) electrons. The van der Waals surface area contributed by atoms with Crippen LogP contribution in [0.25, 0.3) is 0 Å². The van der Waals surface area contributed by atoms with Crippen LogP contribution in [-0.4, -0.2) is 6.38 Å². The van der Waals surface area contributed by atoms with Crippen molar-refractivity contribution < 1.29 is 0 Å². The molecule has 0 aliphatic heterocycles. The molecule has 0 spiro atoms. The molecule has 1 heteroatoms. The first kappa shape index (κ1) is 8.98. The van der Waals surface area contributed by atoms with Crippen molar-refractivity contribution in [1.82, 2.24) is 0 Å². The summed E-state index contributed by atoms with van der Waals surface area (Å²) in [4.78, 5) is 0. The highest BCUT2D eigenvalue weighted by molar-refractivity contribution is 6.15. The van der Waals surface area contributed by atoms with Gasteiger partial charge in [-0.25, -0.2) is 0 Å². The van der Waals surface area contributed by atoms with Crippen LogP contribution in [-0.2, 0) is 0 Å². The van der Waals surface area contributed by atoms with Crippen molar-refractivity contribution in [2.75, 3.05) is 6.38 Å². The molecule has 0 bridgehead atoms. The first-order chi connectivity index (χ1) is 2.00. The Morgan fingerprint density at radius 1 is 1.25 bits per heavy atom. The lowest BCUT2D eigenvalue weighted by atomic mass is 11.3. The van der Waals surface area contributed by atoms with Crippen molar-refractivity contribution in [2.24, 2.45) is 0 Å². The van der Waals surface area contributed by atoms with Gasteiger partial charge in [-0.15, -0.1) is 24.8 Å². The third-order valence-electron chi connectivity index (χ3n) is 0. The molecule has 0 aliphatic rings. The highest BCUT2D eigenvalue weighted by atomic mass is 35.5. The first-order valence-corrected chi connectivity index (χ1v) is 1.63. The van der Waals surface area contributed by atoms with E-state index in [2.05, 4.69) is 24.8 Å². The highest BCUT2D eigenvalue weighted by Crippen LogP contribution is 1.34. The van der Waals surface area contributed by atoms with Crippen LogP contribution in [0.15, 0.2) is 13.2 Å². The Morgan fingerprint density at radius 2 is 1.25 bits per heavy atom. The molecule has 0 nitrogen and oxygen atoms in total. The summed E-state index contributed by atoms with van der Waals surface area (Å²) in [7, 11) is 0. The predicted octanol–water partition coefficient (Wildman–Crippen LogP) is 1.66. The van der Waals surface area contributed by atoms with E-state index < -0.39 is 0 Å². The van der Waals surface area contributed by atoms with E-state index >= 15 is 0 Å². The van der Waals surface area contributed by atoms with Gasteiger partial charge < -0.3 is 0 Å². The average molecular weight is 78.5 g/mol. The highest BCUT2D eigenvalue weighted by Gasteiger charge is 0.943. The van der Waals surface area contributed by atoms with Crippen molar-refractivity contribution in [3.8, 4) is 0 Å². The molecule has 0 aromatic carbocycles. The Morgan fingerprint density at radius 3 is 1.25 bits per heavy atom. The van der Waals surface area contributed by atoms with Crippen LogP contribution in [0.2, 0.25) is 0 Å². The molecule has 0 aliphatic carbocycles. The summed E-state index contributed by atoms with van der Waals surface area (Å²) in [5.74, 6) is 0. The fraction of sp³-hybridized carbons (Fsp3) is 0.333. The van der Waals surface area contributed by atoms with Crippen LogP contribution in [0.1, 0.15) is 0 Å². The molecule has 26 valence electrons. The van der Waals surface area contributed by atoms with E-state index in [-0.39, 0.29) is 0 Å². The molecule has 0 heterocycles. The summed E-state index contributed by atoms with van der Waals surface area (Å²) in [6.45, 7) is 6.00. The summed E-state index contributed by atoms with van der Waals surface area (Å²) in [5.41, 5.74) is 0. The van der Waals surface area contributed by atoms with Crippen LogP contribution >= 0.6 is 11.6 Å². The topological polar surface area (TPSA) is 0 Å². The van der Waals surface area contributed by atoms with E-state index in [0.717, 1.165) is 0 Å². The van der Waals surface area contributed by atoms with Crippen molar-refractivity contribution in [1.29, 1.82) is 0 Å². The van der Waals surface area contributed by atoms with E-state index in [1.165, 1.54) is 6.38 Å². The van der Waals surface area contributed by atoms with Gasteiger partial charge in [0.05, 0.1) is 0 Å². The van der Waals surface area contributed by atoms with Gasteiger partial charge in [0.2, 0.25) is 0 Å². The standard InChI is InChI=1S/C2H4.CH3Cl/c2*1-2/h1-2H2;1H3. The zero-order valence-corrected chi connectivity index (χ0v) is 3.55. The smallest absolute Gasteiger partial charge is 0.0108 e. The van der Waals surface area contributed by atoms with Crippen molar-refractivity contribution in [3.05, 3.63) is 13.2 Å². The monoisotopic (exact) mass is 78.0 g/mol. The van der Waals surface area contributed by atoms with E-state index in [1.54, 1.807) is 0 Å². The fourth-order valence-corrected chi connectivity index (χ4v) is 0. The summed E-state index contributed by atoms with van der Waals surface area (Å²) in [5, 5.41) is 0. The quantitative estimate of drug-likeness (QED) is 0.305. The molecular formula is C3H7Cl. The molecule has 0 aromatic rings. The third-order valence-corrected chi connectivity index (χ3v) is 0. The van der Waals surface area contributed by atoms with E-state index in [1.807, 2.05) is 0 Å². The van der Waals surface area contributed by atoms with Crippen molar-refractivity contribution in [3.63, 3.8) is 0 Å². The summed E-state index contributed by atoms with van der Waals surface area (Å²) >= 11 is 4.64. The van der Waals surface area contributed by atoms with Gasteiger partial charge in [-0.05, 0) is 0 Å². The van der Waals surface area contributed by atoms with E-state index in [9.17, 15) is 0 Å². The minimum absolute atomic E-state index is 1.47. The Hall–Kier alpha value is 0.0300. The Bertz CT molecular complexity index is 3.25. The zero-order chi connectivity index (χ0) is 4.00. The largest absolute Gasteiger partial charge is 0.130 e. The van der Waals surface area contributed by atoms with Gasteiger partial charge in [0.15, 0.2) is 0 Å². The van der Waals surface area contributed by atoms with Crippen LogP contribution in [0.5, 0.6) is 0 Å². The molecule has 0 aromatic heterocycles. The SMILES string of the molecule is C=C.CCl. The third kappa shape index (κ3) is 2390. The molecule has 0 N–H and O–H groups in total. The lowest BCUT2D eigenvalue weighted by Gasteiger charge is -1.06. The number of rotatable bonds is 0. The van der Waals surface area contributed by atoms with E-state index in [4.69, 9.17) is 0 Å². The Balaban J connectivity index is 0. The van der Waals surface area contributed by atoms with Gasteiger partial charge in [-0.2, -0.15) is 0 Å². The molecule has 0 fully saturated rings. The fourth-order valence-electron chi connectivity index (χ4n) is 0. The minimum atomic E-state index is 1.47. The summed E-state index contributed by atoms with van der Waals surface area (Å²) in [6.07, 6.45) is 1.47. The maximum atomic E-state index is 4.64. The second-order valence-electron chi connectivity index (χ2n) is 0. The lowest BCUT2D eigenvalue weighted by Crippen LogP contribution is -0.852. The average Bonchev–Trinajstić information content (AvgIpc) is 1.50. The van der Waals surface area contributed by atoms with Crippen molar-refractivity contribution >= 4 is 11.6 Å². The van der Waals surface area contributed by atoms with Crippen LogP contribution < -0.4 is 0 Å². The normalized spacial score (nSPS) is 2.50. The van der Waals surface area contributed by atoms with Crippen LogP contribution in [0, 0.1) is 0 Å². The molecular weight excluding hydrogens is 71.5 g/mol. The Labute approximate surface area is 32.1 Å². The summed E-state index contributed by atoms with van der Waals surface area (Å²) in [6, 6.07) is 0. The maximum absolute atomic E-state index is 4.64. The predicted molar refractivity (Wildman–Crippen MR) is 23.0 cm³/mol. The number of hydrogen-bond acceptors (Lipinski definition) is 0. The molecule has 0 saturated heterocycles. The second kappa shape index (κ2) is 13900. The molecule has 0 rings (SSSR count). The second-order valence-corrected chi connectivity index (χ2v) is 0. The first-order valence-electron chi connectivity index (χ1n) is 0.878. The van der Waals surface area contributed by atoms with Gasteiger partial charge in [0.1, 0.15) is 0 Å². The molecule has 0 unspecified atom stereocenters. The lowest BCUT2D eigenvalue weighted by molar-refractivity contribution is 2.46. The van der Waals surface area contributed by atoms with Gasteiger partial charge in [0, 0.05) is 6.38 Å². The number of alkyl halides is 1. The van der Waals surface area contributed by atoms with Gasteiger partial charge in [0.25, 0.3) is 0 Å². The maximum Gasteiger partial charge on any atom is 0.0108 e. The van der Waals surface area contributed by atoms with E-state index in [0.29, 0.717) is 0 Å². The van der Waals surface area contributed by atoms with Gasteiger partial charge in [-0.1, -0.05) is 0 Å². The molecule has 0 saturated carbocycles. The summed E-state index contributed by atoms with van der Waals surface area (Å²) < 4.78 is 0. The van der Waals surface area contributed by atoms with Crippen LogP contribution in [0.4, 0.5) is 0 Å². The number of hydrogen-bond donors (Lipinski definition) is 0. The molecule has 0 atom stereocenters. The number of halogens is 1. The molecule has 4 heavy (non-hydrogen) atoms. The minimum Gasteiger partial charge on any atom is -0.130 e. The Kier molecular flexibility index (Phi) is 31100.